The van der Waals surface area contributed by atoms with Gasteiger partial charge in [0.15, 0.2) is 0 Å². The predicted molar refractivity (Wildman–Crippen MR) is 288 cm³/mol. The minimum atomic E-state index is -1.91. The number of aliphatic carboxylic acids is 4. The van der Waals surface area contributed by atoms with Crippen LogP contribution in [0.15, 0.2) is 116 Å². The number of fused-ring (bicyclic) bond motifs is 2. The number of hydrogen-bond acceptors (Lipinski definition) is 13. The van der Waals surface area contributed by atoms with Crippen molar-refractivity contribution in [1.82, 2.24) is 47.2 Å². The molecule has 0 aliphatic heterocycles. The van der Waals surface area contributed by atoms with Crippen molar-refractivity contribution in [2.75, 3.05) is 6.54 Å². The zero-order chi connectivity index (χ0) is 58.8. The SMILES string of the molecule is N[C@@H](CC(=O)O)C(=O)N[C@@H](Cc1ccc(O)cc1)C(=O)N[C@@H](Cc1ccccc1)C(=O)N[C@@H](CCC(=O)O)C(=O)N[C@@H](Cc1c[nH]c2ccccc12)C(=O)N[C@@H](CC(=O)O)C(=O)NCC(=O)N[C@@H](Cc1c[nH]c2ccccc12)C(=O)O. The molecule has 0 aliphatic carbocycles. The number of rotatable bonds is 30. The summed E-state index contributed by atoms with van der Waals surface area (Å²) in [6, 6.07) is 16.1. The number of nitrogens with one attached hydrogen (secondary N) is 9. The van der Waals surface area contributed by atoms with Crippen molar-refractivity contribution in [2.24, 2.45) is 5.73 Å². The normalized spacial score (nSPS) is 13.6. The van der Waals surface area contributed by atoms with Crippen molar-refractivity contribution >= 4 is 87.0 Å². The van der Waals surface area contributed by atoms with Gasteiger partial charge < -0.3 is 78.5 Å². The summed E-state index contributed by atoms with van der Waals surface area (Å²) in [7, 11) is 0. The third kappa shape index (κ3) is 18.0. The maximum absolute atomic E-state index is 14.5. The van der Waals surface area contributed by atoms with E-state index in [1.807, 2.05) is 0 Å². The molecule has 81 heavy (non-hydrogen) atoms. The Labute approximate surface area is 460 Å². The van der Waals surface area contributed by atoms with Gasteiger partial charge in [0.1, 0.15) is 42.0 Å². The topological polar surface area (TPSA) is 431 Å². The molecule has 26 nitrogen and oxygen atoms in total. The number of hydrogen-bond donors (Lipinski definition) is 15. The van der Waals surface area contributed by atoms with E-state index in [0.29, 0.717) is 38.5 Å². The first-order valence-corrected chi connectivity index (χ1v) is 25.3. The second-order valence-corrected chi connectivity index (χ2v) is 18.9. The molecule has 26 heteroatoms. The van der Waals surface area contributed by atoms with Crippen molar-refractivity contribution in [2.45, 2.75) is 93.7 Å². The van der Waals surface area contributed by atoms with Crippen LogP contribution in [0.4, 0.5) is 0 Å². The van der Waals surface area contributed by atoms with Crippen LogP contribution < -0.4 is 43.0 Å². The van der Waals surface area contributed by atoms with E-state index in [1.165, 1.54) is 30.5 Å². The van der Waals surface area contributed by atoms with Gasteiger partial charge in [0, 0.05) is 66.3 Å². The molecule has 7 atom stereocenters. The van der Waals surface area contributed by atoms with Crippen LogP contribution in [0.25, 0.3) is 21.8 Å². The highest BCUT2D eigenvalue weighted by molar-refractivity contribution is 5.99. The second-order valence-electron chi connectivity index (χ2n) is 18.9. The number of phenols is 1. The van der Waals surface area contributed by atoms with E-state index in [9.17, 15) is 78.3 Å². The molecule has 6 aromatic rings. The van der Waals surface area contributed by atoms with Crippen LogP contribution >= 0.6 is 0 Å². The lowest BCUT2D eigenvalue weighted by Gasteiger charge is -2.27. The Bertz CT molecular complexity index is 3270. The van der Waals surface area contributed by atoms with Crippen molar-refractivity contribution in [3.63, 3.8) is 0 Å². The number of carbonyl (C=O) groups is 11. The van der Waals surface area contributed by atoms with E-state index in [2.05, 4.69) is 47.2 Å². The number of aromatic amines is 2. The third-order valence-electron chi connectivity index (χ3n) is 12.8. The third-order valence-corrected chi connectivity index (χ3v) is 12.8. The quantitative estimate of drug-likeness (QED) is 0.0279. The largest absolute Gasteiger partial charge is 0.508 e. The molecule has 0 bridgehead atoms. The van der Waals surface area contributed by atoms with Gasteiger partial charge in [-0.15, -0.1) is 0 Å². The average Bonchev–Trinajstić information content (AvgIpc) is 4.29. The lowest BCUT2D eigenvalue weighted by Crippen LogP contribution is -2.60. The predicted octanol–water partition coefficient (Wildman–Crippen LogP) is -0.123. The average molecular weight is 1120 g/mol. The van der Waals surface area contributed by atoms with E-state index in [0.717, 1.165) is 5.52 Å². The molecule has 0 saturated carbocycles. The van der Waals surface area contributed by atoms with Crippen LogP contribution in [0, 0.1) is 0 Å². The van der Waals surface area contributed by atoms with Gasteiger partial charge >= 0.3 is 23.9 Å². The number of carbonyl (C=O) groups excluding carboxylic acids is 7. The molecule has 0 radical (unpaired) electrons. The number of amides is 7. The van der Waals surface area contributed by atoms with Crippen LogP contribution in [-0.4, -0.2) is 150 Å². The Balaban J connectivity index is 1.23. The number of aromatic hydroxyl groups is 1. The number of H-pyrrole nitrogens is 2. The zero-order valence-corrected chi connectivity index (χ0v) is 43.2. The first kappa shape index (κ1) is 60.1. The maximum Gasteiger partial charge on any atom is 0.326 e. The Kier molecular flexibility index (Phi) is 21.2. The summed E-state index contributed by atoms with van der Waals surface area (Å²) in [5, 5.41) is 66.7. The van der Waals surface area contributed by atoms with Crippen LogP contribution in [0.2, 0.25) is 0 Å². The fourth-order valence-electron chi connectivity index (χ4n) is 8.69. The highest BCUT2D eigenvalue weighted by Gasteiger charge is 2.35. The Hall–Kier alpha value is -10.1. The summed E-state index contributed by atoms with van der Waals surface area (Å²) < 4.78 is 0. The summed E-state index contributed by atoms with van der Waals surface area (Å²) in [6.45, 7) is -0.858. The van der Waals surface area contributed by atoms with Gasteiger partial charge in [0.2, 0.25) is 41.4 Å². The summed E-state index contributed by atoms with van der Waals surface area (Å²) in [5.41, 5.74) is 9.03. The molecule has 6 rings (SSSR count). The number of carboxylic acids is 4. The maximum atomic E-state index is 14.5. The van der Waals surface area contributed by atoms with E-state index < -0.39 is 140 Å². The Morgan fingerprint density at radius 3 is 1.41 bits per heavy atom. The number of para-hydroxylation sites is 2. The van der Waals surface area contributed by atoms with Gasteiger partial charge in [-0.05, 0) is 52.9 Å². The van der Waals surface area contributed by atoms with E-state index in [1.54, 1.807) is 85.1 Å². The molecule has 0 saturated heterocycles. The summed E-state index contributed by atoms with van der Waals surface area (Å²) in [4.78, 5) is 151. The summed E-state index contributed by atoms with van der Waals surface area (Å²) >= 11 is 0. The molecule has 0 fully saturated rings. The fourth-order valence-corrected chi connectivity index (χ4v) is 8.69. The van der Waals surface area contributed by atoms with Gasteiger partial charge in [-0.2, -0.15) is 0 Å². The van der Waals surface area contributed by atoms with Crippen molar-refractivity contribution < 1.29 is 78.3 Å². The molecule has 0 aliphatic rings. The second kappa shape index (κ2) is 28.5. The molecule has 16 N–H and O–H groups in total. The molecule has 2 aromatic heterocycles. The van der Waals surface area contributed by atoms with E-state index in [-0.39, 0.29) is 31.4 Å². The lowest BCUT2D eigenvalue weighted by molar-refractivity contribution is -0.142. The van der Waals surface area contributed by atoms with Crippen molar-refractivity contribution in [3.8, 4) is 5.75 Å². The zero-order valence-electron chi connectivity index (χ0n) is 43.2. The number of aromatic nitrogens is 2. The molecule has 7 amide bonds. The van der Waals surface area contributed by atoms with Crippen molar-refractivity contribution in [1.29, 1.82) is 0 Å². The number of phenolic OH excluding ortho intramolecular Hbond substituents is 1. The fraction of sp³-hybridized carbons (Fsp3) is 0.291. The minimum Gasteiger partial charge on any atom is -0.508 e. The van der Waals surface area contributed by atoms with Gasteiger partial charge in [0.25, 0.3) is 0 Å². The highest BCUT2D eigenvalue weighted by atomic mass is 16.4. The first-order chi connectivity index (χ1) is 38.6. The van der Waals surface area contributed by atoms with Crippen LogP contribution in [-0.2, 0) is 78.4 Å². The standard InChI is InChI=1S/C55H60N10O16/c56-36(24-47(70)71)49(74)62-40(21-30-14-16-33(66)17-15-30)53(78)63-41(20-29-8-2-1-3-9-29)52(77)61-39(18-19-46(68)69)51(76)64-42(22-31-26-57-37-12-6-4-10-34(31)37)54(79)65-43(25-48(72)73)50(75)59-28-45(67)60-44(55(80)81)23-32-27-58-38-13-7-5-11-35(32)38/h1-17,26-27,36,39-44,57-58,66H,18-25,28,56H2,(H,59,75)(H,60,67)(H,61,77)(H,62,74)(H,63,78)(H,64,76)(H,65,79)(H,68,69)(H,70,71)(H,72,73)(H,80,81)/t36-,39-,40-,41-,42-,43-,44-/m0/s1. The molecular weight excluding hydrogens is 1060 g/mol. The molecule has 426 valence electrons. The minimum absolute atomic E-state index is 0.115. The van der Waals surface area contributed by atoms with Crippen LogP contribution in [0.5, 0.6) is 5.75 Å². The van der Waals surface area contributed by atoms with Crippen LogP contribution in [0.3, 0.4) is 0 Å². The summed E-state index contributed by atoms with van der Waals surface area (Å²) in [5.74, 6) is -13.4. The molecule has 0 spiro atoms. The van der Waals surface area contributed by atoms with Gasteiger partial charge in [0.05, 0.1) is 25.4 Å². The molecular formula is C55H60N10O16. The molecule has 4 aromatic carbocycles. The van der Waals surface area contributed by atoms with E-state index in [4.69, 9.17) is 5.73 Å². The Morgan fingerprint density at radius 2 is 0.889 bits per heavy atom. The van der Waals surface area contributed by atoms with Gasteiger partial charge in [-0.25, -0.2) is 4.79 Å². The smallest absolute Gasteiger partial charge is 0.326 e. The van der Waals surface area contributed by atoms with E-state index >= 15 is 0 Å². The van der Waals surface area contributed by atoms with Crippen LogP contribution in [0.1, 0.15) is 47.9 Å². The highest BCUT2D eigenvalue weighted by Crippen LogP contribution is 2.21. The number of nitrogens with two attached hydrogens (primary N) is 1. The van der Waals surface area contributed by atoms with Gasteiger partial charge in [-0.1, -0.05) is 78.9 Å². The number of benzene rings is 4. The lowest BCUT2D eigenvalue weighted by atomic mass is 10.0. The van der Waals surface area contributed by atoms with Gasteiger partial charge in [-0.3, -0.25) is 47.9 Å². The monoisotopic (exact) mass is 1120 g/mol. The summed E-state index contributed by atoms with van der Waals surface area (Å²) in [6.07, 6.45) is -1.07. The Morgan fingerprint density at radius 1 is 0.444 bits per heavy atom. The first-order valence-electron chi connectivity index (χ1n) is 25.3. The molecule has 0 unspecified atom stereocenters. The number of carboxylic acid groups (broad SMARTS) is 4. The van der Waals surface area contributed by atoms with Crippen molar-refractivity contribution in [3.05, 3.63) is 138 Å². The molecule has 2 heterocycles.